The highest BCUT2D eigenvalue weighted by molar-refractivity contribution is 6.31. The highest BCUT2D eigenvalue weighted by atomic mass is 35.5. The Labute approximate surface area is 101 Å². The number of nitrogens with zero attached hydrogens (tertiary/aromatic N) is 2. The second-order valence-corrected chi connectivity index (χ2v) is 4.99. The lowest BCUT2D eigenvalue weighted by molar-refractivity contribution is 0.0473. The minimum Gasteiger partial charge on any atom is -0.382 e. The summed E-state index contributed by atoms with van der Waals surface area (Å²) in [5.41, 5.74) is -0.267. The molecule has 0 saturated heterocycles. The van der Waals surface area contributed by atoms with E-state index in [4.69, 9.17) is 11.6 Å². The summed E-state index contributed by atoms with van der Waals surface area (Å²) in [4.78, 5) is 0. The van der Waals surface area contributed by atoms with Gasteiger partial charge < -0.3 is 10.4 Å². The van der Waals surface area contributed by atoms with Crippen molar-refractivity contribution in [3.8, 4) is 0 Å². The Hall–Kier alpha value is -0.580. The van der Waals surface area contributed by atoms with Gasteiger partial charge in [-0.05, 0) is 26.7 Å². The van der Waals surface area contributed by atoms with Crippen molar-refractivity contribution in [2.45, 2.75) is 44.9 Å². The number of aliphatic hydroxyl groups is 1. The van der Waals surface area contributed by atoms with Gasteiger partial charge in [-0.2, -0.15) is 5.10 Å². The number of rotatable bonds is 5. The molecular weight excluding hydrogens is 226 g/mol. The van der Waals surface area contributed by atoms with E-state index in [0.29, 0.717) is 29.8 Å². The van der Waals surface area contributed by atoms with Crippen LogP contribution < -0.4 is 5.32 Å². The van der Waals surface area contributed by atoms with Crippen LogP contribution in [0, 0.1) is 0 Å². The summed E-state index contributed by atoms with van der Waals surface area (Å²) < 4.78 is 1.75. The van der Waals surface area contributed by atoms with Gasteiger partial charge in [0.1, 0.15) is 5.60 Å². The second-order valence-electron chi connectivity index (χ2n) is 4.59. The fourth-order valence-electron chi connectivity index (χ4n) is 1.85. The van der Waals surface area contributed by atoms with Gasteiger partial charge in [-0.1, -0.05) is 11.6 Å². The van der Waals surface area contributed by atoms with Crippen LogP contribution in [0.3, 0.4) is 0 Å². The van der Waals surface area contributed by atoms with Gasteiger partial charge in [0, 0.05) is 19.1 Å². The third kappa shape index (κ3) is 2.39. The van der Waals surface area contributed by atoms with E-state index < -0.39 is 5.60 Å². The van der Waals surface area contributed by atoms with E-state index in [-0.39, 0.29) is 0 Å². The van der Waals surface area contributed by atoms with Crippen LogP contribution in [-0.2, 0) is 12.1 Å². The first-order valence-corrected chi connectivity index (χ1v) is 6.10. The highest BCUT2D eigenvalue weighted by Gasteiger charge is 2.32. The molecule has 1 heterocycles. The fraction of sp³-hybridized carbons (Fsp3) is 0.727. The highest BCUT2D eigenvalue weighted by Crippen LogP contribution is 2.28. The fourth-order valence-corrected chi connectivity index (χ4v) is 2.20. The Morgan fingerprint density at radius 2 is 2.38 bits per heavy atom. The molecule has 1 aromatic heterocycles. The van der Waals surface area contributed by atoms with Gasteiger partial charge >= 0.3 is 0 Å². The van der Waals surface area contributed by atoms with Gasteiger partial charge in [0.2, 0.25) is 0 Å². The van der Waals surface area contributed by atoms with Gasteiger partial charge in [0.05, 0.1) is 16.9 Å². The molecule has 1 fully saturated rings. The van der Waals surface area contributed by atoms with Gasteiger partial charge in [-0.25, -0.2) is 0 Å². The molecule has 1 aromatic rings. The largest absolute Gasteiger partial charge is 0.382 e. The lowest BCUT2D eigenvalue weighted by atomic mass is 10.0. The van der Waals surface area contributed by atoms with E-state index in [1.54, 1.807) is 17.8 Å². The standard InChI is InChI=1S/C11H18ClN3O/c1-3-15-10(9(12)6-14-15)11(2,16)7-13-8-4-5-8/h6,8,13,16H,3-5,7H2,1-2H3. The number of aromatic nitrogens is 2. The Bertz CT molecular complexity index is 371. The summed E-state index contributed by atoms with van der Waals surface area (Å²) in [5.74, 6) is 0. The molecule has 0 aliphatic heterocycles. The third-order valence-electron chi connectivity index (χ3n) is 2.92. The molecule has 2 N–H and O–H groups in total. The minimum atomic E-state index is -0.966. The molecule has 0 spiro atoms. The zero-order valence-corrected chi connectivity index (χ0v) is 10.5. The van der Waals surface area contributed by atoms with E-state index in [9.17, 15) is 5.11 Å². The first-order chi connectivity index (χ1) is 7.54. The van der Waals surface area contributed by atoms with Crippen LogP contribution in [0.25, 0.3) is 0 Å². The van der Waals surface area contributed by atoms with Crippen molar-refractivity contribution in [1.29, 1.82) is 0 Å². The van der Waals surface area contributed by atoms with Crippen molar-refractivity contribution in [2.24, 2.45) is 0 Å². The zero-order valence-electron chi connectivity index (χ0n) is 9.70. The van der Waals surface area contributed by atoms with Gasteiger partial charge in [0.15, 0.2) is 0 Å². The SMILES string of the molecule is CCn1ncc(Cl)c1C(C)(O)CNC1CC1. The topological polar surface area (TPSA) is 50.1 Å². The molecule has 1 atom stereocenters. The number of hydrogen-bond acceptors (Lipinski definition) is 3. The number of hydrogen-bond donors (Lipinski definition) is 2. The van der Waals surface area contributed by atoms with Crippen LogP contribution in [0.2, 0.25) is 5.02 Å². The van der Waals surface area contributed by atoms with E-state index in [1.165, 1.54) is 12.8 Å². The van der Waals surface area contributed by atoms with Crippen molar-refractivity contribution in [1.82, 2.24) is 15.1 Å². The predicted octanol–water partition coefficient (Wildman–Crippen LogP) is 1.52. The van der Waals surface area contributed by atoms with Crippen LogP contribution in [0.5, 0.6) is 0 Å². The molecule has 1 saturated carbocycles. The normalized spacial score (nSPS) is 19.8. The molecule has 2 rings (SSSR count). The molecule has 1 aliphatic carbocycles. The summed E-state index contributed by atoms with van der Waals surface area (Å²) in [6, 6.07) is 0.572. The van der Waals surface area contributed by atoms with Crippen LogP contribution in [0.15, 0.2) is 6.20 Å². The summed E-state index contributed by atoms with van der Waals surface area (Å²) in [6.07, 6.45) is 4.00. The summed E-state index contributed by atoms with van der Waals surface area (Å²) in [7, 11) is 0. The molecule has 0 aromatic carbocycles. The summed E-state index contributed by atoms with van der Waals surface area (Å²) in [6.45, 7) is 4.99. The molecule has 0 amide bonds. The molecule has 0 bridgehead atoms. The first kappa shape index (κ1) is 11.9. The van der Waals surface area contributed by atoms with Crippen LogP contribution in [0.1, 0.15) is 32.4 Å². The molecule has 1 unspecified atom stereocenters. The van der Waals surface area contributed by atoms with Gasteiger partial charge in [-0.15, -0.1) is 0 Å². The smallest absolute Gasteiger partial charge is 0.117 e. The maximum absolute atomic E-state index is 10.4. The molecule has 5 heteroatoms. The van der Waals surface area contributed by atoms with E-state index in [2.05, 4.69) is 10.4 Å². The number of aryl methyl sites for hydroxylation is 1. The van der Waals surface area contributed by atoms with Crippen LogP contribution >= 0.6 is 11.6 Å². The Morgan fingerprint density at radius 1 is 1.69 bits per heavy atom. The van der Waals surface area contributed by atoms with Crippen molar-refractivity contribution < 1.29 is 5.11 Å². The molecule has 0 radical (unpaired) electrons. The maximum atomic E-state index is 10.4. The summed E-state index contributed by atoms with van der Waals surface area (Å²) in [5, 5.41) is 18.4. The van der Waals surface area contributed by atoms with Crippen molar-refractivity contribution in [3.05, 3.63) is 16.9 Å². The lowest BCUT2D eigenvalue weighted by Gasteiger charge is -2.25. The lowest BCUT2D eigenvalue weighted by Crippen LogP contribution is -2.38. The molecule has 1 aliphatic rings. The van der Waals surface area contributed by atoms with Crippen molar-refractivity contribution in [3.63, 3.8) is 0 Å². The Morgan fingerprint density at radius 3 is 2.94 bits per heavy atom. The average Bonchev–Trinajstić information content (AvgIpc) is 2.98. The molecule has 16 heavy (non-hydrogen) atoms. The van der Waals surface area contributed by atoms with E-state index in [1.807, 2.05) is 6.92 Å². The second kappa shape index (κ2) is 4.35. The zero-order chi connectivity index (χ0) is 11.8. The van der Waals surface area contributed by atoms with Crippen molar-refractivity contribution in [2.75, 3.05) is 6.54 Å². The third-order valence-corrected chi connectivity index (χ3v) is 3.19. The van der Waals surface area contributed by atoms with Gasteiger partial charge in [-0.3, -0.25) is 4.68 Å². The molecular formula is C11H18ClN3O. The number of nitrogens with one attached hydrogen (secondary N) is 1. The summed E-state index contributed by atoms with van der Waals surface area (Å²) >= 11 is 6.07. The average molecular weight is 244 g/mol. The maximum Gasteiger partial charge on any atom is 0.117 e. The Kier molecular flexibility index (Phi) is 3.24. The monoisotopic (exact) mass is 243 g/mol. The number of halogens is 1. The van der Waals surface area contributed by atoms with E-state index in [0.717, 1.165) is 0 Å². The Balaban J connectivity index is 2.14. The van der Waals surface area contributed by atoms with Crippen LogP contribution in [0.4, 0.5) is 0 Å². The van der Waals surface area contributed by atoms with Crippen molar-refractivity contribution >= 4 is 11.6 Å². The minimum absolute atomic E-state index is 0.517. The molecule has 90 valence electrons. The predicted molar refractivity (Wildman–Crippen MR) is 63.5 cm³/mol. The first-order valence-electron chi connectivity index (χ1n) is 5.72. The van der Waals surface area contributed by atoms with Crippen LogP contribution in [-0.4, -0.2) is 27.5 Å². The quantitative estimate of drug-likeness (QED) is 0.825. The molecule has 4 nitrogen and oxygen atoms in total. The van der Waals surface area contributed by atoms with E-state index >= 15 is 0 Å². The van der Waals surface area contributed by atoms with Gasteiger partial charge in [0.25, 0.3) is 0 Å².